The lowest BCUT2D eigenvalue weighted by Crippen LogP contribution is -2.19. The van der Waals surface area contributed by atoms with E-state index < -0.39 is 0 Å². The Bertz CT molecular complexity index is 248. The van der Waals surface area contributed by atoms with Crippen LogP contribution in [0.2, 0.25) is 0 Å². The Morgan fingerprint density at radius 3 is 2.92 bits per heavy atom. The molecule has 1 unspecified atom stereocenters. The van der Waals surface area contributed by atoms with Crippen LogP contribution >= 0.6 is 0 Å². The molecule has 3 N–H and O–H groups in total. The summed E-state index contributed by atoms with van der Waals surface area (Å²) in [6.45, 7) is 2.65. The molecule has 0 spiro atoms. The van der Waals surface area contributed by atoms with Crippen LogP contribution in [0.25, 0.3) is 0 Å². The first-order chi connectivity index (χ1) is 6.22. The first-order valence-corrected chi connectivity index (χ1v) is 4.30. The van der Waals surface area contributed by atoms with Crippen LogP contribution in [0.4, 0.5) is 10.2 Å². The SMILES string of the molecule is CC(CCN)Nc1ccc(F)cn1. The molecule has 0 aliphatic carbocycles. The second kappa shape index (κ2) is 4.77. The Morgan fingerprint density at radius 1 is 1.62 bits per heavy atom. The Morgan fingerprint density at radius 2 is 2.38 bits per heavy atom. The first-order valence-electron chi connectivity index (χ1n) is 4.30. The van der Waals surface area contributed by atoms with E-state index in [0.717, 1.165) is 6.42 Å². The van der Waals surface area contributed by atoms with Gasteiger partial charge in [-0.05, 0) is 32.0 Å². The summed E-state index contributed by atoms with van der Waals surface area (Å²) in [6, 6.07) is 3.26. The lowest BCUT2D eigenvalue weighted by atomic mass is 10.2. The highest BCUT2D eigenvalue weighted by Gasteiger charge is 2.00. The van der Waals surface area contributed by atoms with Gasteiger partial charge in [-0.2, -0.15) is 0 Å². The van der Waals surface area contributed by atoms with Gasteiger partial charge in [0.25, 0.3) is 0 Å². The van der Waals surface area contributed by atoms with Gasteiger partial charge < -0.3 is 11.1 Å². The van der Waals surface area contributed by atoms with E-state index in [1.807, 2.05) is 6.92 Å². The summed E-state index contributed by atoms with van der Waals surface area (Å²) in [5.41, 5.74) is 5.39. The number of anilines is 1. The molecule has 72 valence electrons. The Balaban J connectivity index is 2.49. The van der Waals surface area contributed by atoms with Crippen LogP contribution < -0.4 is 11.1 Å². The molecule has 13 heavy (non-hydrogen) atoms. The van der Waals surface area contributed by atoms with Crippen molar-refractivity contribution < 1.29 is 4.39 Å². The van der Waals surface area contributed by atoms with Crippen molar-refractivity contribution in [1.29, 1.82) is 0 Å². The maximum absolute atomic E-state index is 12.5. The minimum Gasteiger partial charge on any atom is -0.368 e. The van der Waals surface area contributed by atoms with E-state index in [0.29, 0.717) is 12.4 Å². The van der Waals surface area contributed by atoms with Crippen LogP contribution in [-0.2, 0) is 0 Å². The fraction of sp³-hybridized carbons (Fsp3) is 0.444. The van der Waals surface area contributed by atoms with Gasteiger partial charge in [0, 0.05) is 6.04 Å². The van der Waals surface area contributed by atoms with E-state index in [2.05, 4.69) is 10.3 Å². The number of rotatable bonds is 4. The van der Waals surface area contributed by atoms with Gasteiger partial charge in [-0.15, -0.1) is 0 Å². The van der Waals surface area contributed by atoms with Gasteiger partial charge in [-0.1, -0.05) is 0 Å². The molecular formula is C9H14FN3. The summed E-state index contributed by atoms with van der Waals surface area (Å²) in [6.07, 6.45) is 2.07. The smallest absolute Gasteiger partial charge is 0.141 e. The summed E-state index contributed by atoms with van der Waals surface area (Å²) < 4.78 is 12.5. The minimum atomic E-state index is -0.322. The predicted octanol–water partition coefficient (Wildman–Crippen LogP) is 1.37. The molecule has 3 nitrogen and oxygen atoms in total. The molecule has 1 heterocycles. The number of hydrogen-bond acceptors (Lipinski definition) is 3. The van der Waals surface area contributed by atoms with Crippen LogP contribution in [0.5, 0.6) is 0 Å². The molecule has 0 fully saturated rings. The molecule has 0 saturated carbocycles. The van der Waals surface area contributed by atoms with Crippen LogP contribution in [0.1, 0.15) is 13.3 Å². The molecule has 1 aromatic heterocycles. The summed E-state index contributed by atoms with van der Waals surface area (Å²) in [7, 11) is 0. The third-order valence-corrected chi connectivity index (χ3v) is 1.72. The average Bonchev–Trinajstić information content (AvgIpc) is 2.09. The number of nitrogens with one attached hydrogen (secondary N) is 1. The van der Waals surface area contributed by atoms with E-state index in [4.69, 9.17) is 5.73 Å². The lowest BCUT2D eigenvalue weighted by Gasteiger charge is -2.12. The average molecular weight is 183 g/mol. The molecule has 0 aromatic carbocycles. The minimum absolute atomic E-state index is 0.267. The number of aromatic nitrogens is 1. The Labute approximate surface area is 77.2 Å². The molecular weight excluding hydrogens is 169 g/mol. The molecule has 0 aliphatic heterocycles. The molecule has 0 saturated heterocycles. The Kier molecular flexibility index (Phi) is 3.64. The van der Waals surface area contributed by atoms with Crippen molar-refractivity contribution in [3.05, 3.63) is 24.1 Å². The van der Waals surface area contributed by atoms with E-state index in [1.54, 1.807) is 6.07 Å². The van der Waals surface area contributed by atoms with Gasteiger partial charge in [0.15, 0.2) is 0 Å². The molecule has 0 bridgehead atoms. The number of hydrogen-bond donors (Lipinski definition) is 2. The summed E-state index contributed by atoms with van der Waals surface area (Å²) in [5.74, 6) is 0.361. The normalized spacial score (nSPS) is 12.5. The molecule has 0 amide bonds. The highest BCUT2D eigenvalue weighted by Crippen LogP contribution is 2.06. The maximum Gasteiger partial charge on any atom is 0.141 e. The molecule has 1 aromatic rings. The van der Waals surface area contributed by atoms with Crippen LogP contribution in [0, 0.1) is 5.82 Å². The zero-order valence-corrected chi connectivity index (χ0v) is 7.63. The number of halogens is 1. The molecule has 0 radical (unpaired) electrons. The zero-order valence-electron chi connectivity index (χ0n) is 7.63. The molecule has 0 aliphatic rings. The van der Waals surface area contributed by atoms with Crippen LogP contribution in [-0.4, -0.2) is 17.6 Å². The fourth-order valence-electron chi connectivity index (χ4n) is 1.04. The number of nitrogens with zero attached hydrogens (tertiary/aromatic N) is 1. The zero-order chi connectivity index (χ0) is 9.68. The van der Waals surface area contributed by atoms with Crippen molar-refractivity contribution in [3.63, 3.8) is 0 Å². The van der Waals surface area contributed by atoms with Gasteiger partial charge >= 0.3 is 0 Å². The third-order valence-electron chi connectivity index (χ3n) is 1.72. The third kappa shape index (κ3) is 3.38. The highest BCUT2D eigenvalue weighted by atomic mass is 19.1. The maximum atomic E-state index is 12.5. The number of pyridine rings is 1. The van der Waals surface area contributed by atoms with Crippen LogP contribution in [0.3, 0.4) is 0 Å². The van der Waals surface area contributed by atoms with E-state index in [9.17, 15) is 4.39 Å². The topological polar surface area (TPSA) is 50.9 Å². The predicted molar refractivity (Wildman–Crippen MR) is 51.0 cm³/mol. The Hall–Kier alpha value is -1.16. The van der Waals surface area contributed by atoms with Gasteiger partial charge in [0.05, 0.1) is 6.20 Å². The molecule has 1 atom stereocenters. The lowest BCUT2D eigenvalue weighted by molar-refractivity contribution is 0.621. The standard InChI is InChI=1S/C9H14FN3/c1-7(4-5-11)13-9-3-2-8(10)6-12-9/h2-3,6-7H,4-5,11H2,1H3,(H,12,13). The van der Waals surface area contributed by atoms with Crippen LogP contribution in [0.15, 0.2) is 18.3 Å². The summed E-state index contributed by atoms with van der Waals surface area (Å²) in [4.78, 5) is 3.87. The molecule has 4 heteroatoms. The van der Waals surface area contributed by atoms with Crippen molar-refractivity contribution in [2.45, 2.75) is 19.4 Å². The van der Waals surface area contributed by atoms with Gasteiger partial charge in [-0.3, -0.25) is 0 Å². The van der Waals surface area contributed by atoms with Gasteiger partial charge in [-0.25, -0.2) is 9.37 Å². The second-order valence-corrected chi connectivity index (χ2v) is 2.98. The highest BCUT2D eigenvalue weighted by molar-refractivity contribution is 5.34. The monoisotopic (exact) mass is 183 g/mol. The largest absolute Gasteiger partial charge is 0.368 e. The first kappa shape index (κ1) is 9.92. The van der Waals surface area contributed by atoms with Crippen molar-refractivity contribution in [1.82, 2.24) is 4.98 Å². The molecule has 1 rings (SSSR count). The van der Waals surface area contributed by atoms with E-state index >= 15 is 0 Å². The summed E-state index contributed by atoms with van der Waals surface area (Å²) >= 11 is 0. The van der Waals surface area contributed by atoms with Crippen molar-refractivity contribution in [3.8, 4) is 0 Å². The fourth-order valence-corrected chi connectivity index (χ4v) is 1.04. The van der Waals surface area contributed by atoms with E-state index in [1.165, 1.54) is 12.3 Å². The quantitative estimate of drug-likeness (QED) is 0.741. The van der Waals surface area contributed by atoms with Crippen molar-refractivity contribution in [2.75, 3.05) is 11.9 Å². The van der Waals surface area contributed by atoms with Crippen molar-refractivity contribution >= 4 is 5.82 Å². The number of nitrogens with two attached hydrogens (primary N) is 1. The van der Waals surface area contributed by atoms with Gasteiger partial charge in [0.1, 0.15) is 11.6 Å². The second-order valence-electron chi connectivity index (χ2n) is 2.98. The van der Waals surface area contributed by atoms with Gasteiger partial charge in [0.2, 0.25) is 0 Å². The van der Waals surface area contributed by atoms with E-state index in [-0.39, 0.29) is 11.9 Å². The summed E-state index contributed by atoms with van der Waals surface area (Å²) in [5, 5.41) is 3.11. The van der Waals surface area contributed by atoms with Crippen molar-refractivity contribution in [2.24, 2.45) is 5.73 Å².